The predicted octanol–water partition coefficient (Wildman–Crippen LogP) is 2.44. The molecule has 0 unspecified atom stereocenters. The Morgan fingerprint density at radius 3 is 2.61 bits per heavy atom. The minimum Gasteiger partial charge on any atom is -0.494 e. The van der Waals surface area contributed by atoms with Crippen molar-refractivity contribution in [3.63, 3.8) is 0 Å². The van der Waals surface area contributed by atoms with Crippen LogP contribution in [0.5, 0.6) is 5.75 Å². The lowest BCUT2D eigenvalue weighted by Crippen LogP contribution is -2.48. The number of amides is 3. The van der Waals surface area contributed by atoms with Crippen molar-refractivity contribution in [3.8, 4) is 5.75 Å². The van der Waals surface area contributed by atoms with Crippen LogP contribution in [0, 0.1) is 5.82 Å². The number of likely N-dealkylation sites (tertiary alicyclic amines) is 1. The molecule has 1 fully saturated rings. The van der Waals surface area contributed by atoms with Gasteiger partial charge in [0, 0.05) is 37.8 Å². The first-order valence-electron chi connectivity index (χ1n) is 10.4. The number of carbonyl (C=O) groups is 2. The zero-order valence-corrected chi connectivity index (χ0v) is 17.7. The molecule has 0 bridgehead atoms. The topological polar surface area (TPSA) is 96.7 Å². The van der Waals surface area contributed by atoms with Gasteiger partial charge >= 0.3 is 6.03 Å². The van der Waals surface area contributed by atoms with E-state index in [0.29, 0.717) is 25.1 Å². The van der Waals surface area contributed by atoms with Crippen molar-refractivity contribution >= 4 is 11.9 Å². The Morgan fingerprint density at radius 2 is 1.94 bits per heavy atom. The van der Waals surface area contributed by atoms with Crippen molar-refractivity contribution < 1.29 is 18.7 Å². The van der Waals surface area contributed by atoms with Gasteiger partial charge in [0.2, 0.25) is 5.91 Å². The molecule has 2 aromatic rings. The normalized spacial score (nSPS) is 14.8. The van der Waals surface area contributed by atoms with Crippen LogP contribution in [0.3, 0.4) is 0 Å². The van der Waals surface area contributed by atoms with E-state index in [1.165, 1.54) is 13.2 Å². The molecule has 1 aliphatic heterocycles. The van der Waals surface area contributed by atoms with E-state index in [9.17, 15) is 14.0 Å². The third-order valence-electron chi connectivity index (χ3n) is 5.46. The van der Waals surface area contributed by atoms with Crippen LogP contribution in [0.25, 0.3) is 0 Å². The lowest BCUT2D eigenvalue weighted by molar-refractivity contribution is 0.1000. The van der Waals surface area contributed by atoms with Crippen LogP contribution in [-0.2, 0) is 13.0 Å². The van der Waals surface area contributed by atoms with E-state index >= 15 is 0 Å². The number of piperidine rings is 1. The Hall–Kier alpha value is -3.13. The maximum Gasteiger partial charge on any atom is 0.315 e. The van der Waals surface area contributed by atoms with Crippen LogP contribution < -0.4 is 21.1 Å². The Morgan fingerprint density at radius 1 is 1.16 bits per heavy atom. The summed E-state index contributed by atoms with van der Waals surface area (Å²) in [6.45, 7) is 2.80. The van der Waals surface area contributed by atoms with Gasteiger partial charge in [-0.05, 0) is 54.7 Å². The summed E-state index contributed by atoms with van der Waals surface area (Å²) in [5.41, 5.74) is 7.60. The number of nitrogens with one attached hydrogen (secondary N) is 2. The van der Waals surface area contributed by atoms with Crippen molar-refractivity contribution in [2.24, 2.45) is 5.73 Å². The van der Waals surface area contributed by atoms with Crippen molar-refractivity contribution in [1.82, 2.24) is 15.5 Å². The highest BCUT2D eigenvalue weighted by Gasteiger charge is 2.21. The fraction of sp³-hybridized carbons (Fsp3) is 0.391. The summed E-state index contributed by atoms with van der Waals surface area (Å²) < 4.78 is 18.8. The number of hydrogen-bond acceptors (Lipinski definition) is 4. The molecule has 3 rings (SSSR count). The molecule has 3 amide bonds. The zero-order chi connectivity index (χ0) is 22.2. The standard InChI is InChI=1S/C23H29FN4O3/c1-31-21-6-5-17(14-20(21)24)15-28-11-8-19(9-12-28)27-23(30)26-10-7-16-3-2-4-18(13-16)22(25)29/h2-6,13-14,19H,7-12,15H2,1H3,(H2,25,29)(H2,26,27,30). The number of halogens is 1. The fourth-order valence-electron chi connectivity index (χ4n) is 3.74. The van der Waals surface area contributed by atoms with Crippen molar-refractivity contribution in [1.29, 1.82) is 0 Å². The highest BCUT2D eigenvalue weighted by atomic mass is 19.1. The largest absolute Gasteiger partial charge is 0.494 e. The number of methoxy groups -OCH3 is 1. The fourth-order valence-corrected chi connectivity index (χ4v) is 3.74. The molecule has 2 aromatic carbocycles. The summed E-state index contributed by atoms with van der Waals surface area (Å²) in [6, 6.07) is 12.0. The second kappa shape index (κ2) is 10.8. The second-order valence-corrected chi connectivity index (χ2v) is 7.73. The average molecular weight is 429 g/mol. The quantitative estimate of drug-likeness (QED) is 0.602. The third-order valence-corrected chi connectivity index (χ3v) is 5.46. The van der Waals surface area contributed by atoms with Gasteiger partial charge in [0.05, 0.1) is 7.11 Å². The van der Waals surface area contributed by atoms with Crippen LogP contribution in [0.1, 0.15) is 34.3 Å². The molecule has 7 nitrogen and oxygen atoms in total. The second-order valence-electron chi connectivity index (χ2n) is 7.73. The number of nitrogens with two attached hydrogens (primary N) is 1. The minimum atomic E-state index is -0.462. The first-order valence-corrected chi connectivity index (χ1v) is 10.4. The summed E-state index contributed by atoms with van der Waals surface area (Å²) in [7, 11) is 1.45. The van der Waals surface area contributed by atoms with Gasteiger partial charge < -0.3 is 21.1 Å². The van der Waals surface area contributed by atoms with E-state index in [1.54, 1.807) is 24.3 Å². The molecule has 0 spiro atoms. The van der Waals surface area contributed by atoms with E-state index in [1.807, 2.05) is 12.1 Å². The lowest BCUT2D eigenvalue weighted by atomic mass is 10.0. The first-order chi connectivity index (χ1) is 14.9. The summed E-state index contributed by atoms with van der Waals surface area (Å²) in [6.07, 6.45) is 2.30. The number of ether oxygens (including phenoxy) is 1. The number of hydrogen-bond donors (Lipinski definition) is 3. The van der Waals surface area contributed by atoms with E-state index < -0.39 is 5.91 Å². The first kappa shape index (κ1) is 22.6. The molecule has 8 heteroatoms. The molecular formula is C23H29FN4O3. The Kier molecular flexibility index (Phi) is 7.83. The predicted molar refractivity (Wildman–Crippen MR) is 116 cm³/mol. The van der Waals surface area contributed by atoms with E-state index in [-0.39, 0.29) is 23.6 Å². The number of nitrogens with zero attached hydrogens (tertiary/aromatic N) is 1. The number of carbonyl (C=O) groups excluding carboxylic acids is 2. The van der Waals surface area contributed by atoms with E-state index in [0.717, 1.165) is 37.1 Å². The van der Waals surface area contributed by atoms with Crippen LogP contribution in [-0.4, -0.2) is 49.6 Å². The molecule has 0 radical (unpaired) electrons. The zero-order valence-electron chi connectivity index (χ0n) is 17.7. The van der Waals surface area contributed by atoms with Gasteiger partial charge in [-0.3, -0.25) is 9.69 Å². The van der Waals surface area contributed by atoms with Crippen molar-refractivity contribution in [2.75, 3.05) is 26.7 Å². The number of primary amides is 1. The molecule has 0 atom stereocenters. The van der Waals surface area contributed by atoms with E-state index in [4.69, 9.17) is 10.5 Å². The average Bonchev–Trinajstić information content (AvgIpc) is 2.75. The molecule has 1 heterocycles. The van der Waals surface area contributed by atoms with Gasteiger partial charge in [0.15, 0.2) is 11.6 Å². The van der Waals surface area contributed by atoms with Gasteiger partial charge in [0.25, 0.3) is 0 Å². The van der Waals surface area contributed by atoms with Crippen LogP contribution in [0.2, 0.25) is 0 Å². The Bertz CT molecular complexity index is 913. The maximum absolute atomic E-state index is 13.9. The monoisotopic (exact) mass is 428 g/mol. The summed E-state index contributed by atoms with van der Waals surface area (Å²) in [5.74, 6) is -0.566. The SMILES string of the molecule is COc1ccc(CN2CCC(NC(=O)NCCc3cccc(C(N)=O)c3)CC2)cc1F. The van der Waals surface area contributed by atoms with Crippen molar-refractivity contribution in [3.05, 3.63) is 65.0 Å². The number of benzene rings is 2. The third kappa shape index (κ3) is 6.68. The van der Waals surface area contributed by atoms with Crippen LogP contribution in [0.4, 0.5) is 9.18 Å². The smallest absolute Gasteiger partial charge is 0.315 e. The molecular weight excluding hydrogens is 399 g/mol. The highest BCUT2D eigenvalue weighted by molar-refractivity contribution is 5.92. The van der Waals surface area contributed by atoms with Gasteiger partial charge in [-0.25, -0.2) is 9.18 Å². The molecule has 1 aliphatic rings. The van der Waals surface area contributed by atoms with Crippen LogP contribution in [0.15, 0.2) is 42.5 Å². The molecule has 0 saturated carbocycles. The molecule has 1 saturated heterocycles. The minimum absolute atomic E-state index is 0.113. The van der Waals surface area contributed by atoms with E-state index in [2.05, 4.69) is 15.5 Å². The molecule has 4 N–H and O–H groups in total. The molecule has 166 valence electrons. The van der Waals surface area contributed by atoms with Gasteiger partial charge in [-0.2, -0.15) is 0 Å². The summed E-state index contributed by atoms with van der Waals surface area (Å²) >= 11 is 0. The van der Waals surface area contributed by atoms with Gasteiger partial charge in [-0.1, -0.05) is 18.2 Å². The number of urea groups is 1. The van der Waals surface area contributed by atoms with Gasteiger partial charge in [0.1, 0.15) is 0 Å². The Balaban J connectivity index is 1.36. The van der Waals surface area contributed by atoms with Crippen molar-refractivity contribution in [2.45, 2.75) is 31.8 Å². The lowest BCUT2D eigenvalue weighted by Gasteiger charge is -2.32. The summed E-state index contributed by atoms with van der Waals surface area (Å²) in [4.78, 5) is 25.7. The maximum atomic E-state index is 13.9. The summed E-state index contributed by atoms with van der Waals surface area (Å²) in [5, 5.41) is 5.88. The number of rotatable bonds is 8. The highest BCUT2D eigenvalue weighted by Crippen LogP contribution is 2.20. The van der Waals surface area contributed by atoms with Gasteiger partial charge in [-0.15, -0.1) is 0 Å². The Labute approximate surface area is 181 Å². The molecule has 31 heavy (non-hydrogen) atoms. The molecule has 0 aliphatic carbocycles. The molecule has 0 aromatic heterocycles. The van der Waals surface area contributed by atoms with Crippen LogP contribution >= 0.6 is 0 Å².